The van der Waals surface area contributed by atoms with Crippen molar-refractivity contribution in [3.05, 3.63) is 35.5 Å². The van der Waals surface area contributed by atoms with Crippen LogP contribution < -0.4 is 14.8 Å². The molecule has 0 unspecified atom stereocenters. The molecule has 2 aliphatic rings. The van der Waals surface area contributed by atoms with E-state index in [2.05, 4.69) is 15.5 Å². The van der Waals surface area contributed by atoms with E-state index < -0.39 is 0 Å². The van der Waals surface area contributed by atoms with Crippen molar-refractivity contribution in [2.24, 2.45) is 5.92 Å². The molecule has 2 heterocycles. The zero-order chi connectivity index (χ0) is 17.9. The lowest BCUT2D eigenvalue weighted by atomic mass is 10.0. The largest absolute Gasteiger partial charge is 0.486 e. The minimum Gasteiger partial charge on any atom is -0.486 e. The average molecular weight is 357 g/mol. The Hall–Kier alpha value is -2.57. The number of hydrogen-bond donors (Lipinski definition) is 1. The van der Waals surface area contributed by atoms with E-state index in [1.165, 1.54) is 0 Å². The number of rotatable bonds is 5. The van der Waals surface area contributed by atoms with E-state index in [0.717, 1.165) is 42.7 Å². The maximum Gasteiger partial charge on any atom is 0.220 e. The summed E-state index contributed by atoms with van der Waals surface area (Å²) in [5, 5.41) is 11.4. The molecule has 7 heteroatoms. The Labute approximate surface area is 152 Å². The summed E-state index contributed by atoms with van der Waals surface area (Å²) in [7, 11) is 0. The molecule has 0 bridgehead atoms. The summed E-state index contributed by atoms with van der Waals surface area (Å²) in [6.07, 6.45) is 4.40. The summed E-state index contributed by atoms with van der Waals surface area (Å²) < 4.78 is 17.0. The molecule has 7 nitrogen and oxygen atoms in total. The number of benzene rings is 1. The van der Waals surface area contributed by atoms with Crippen molar-refractivity contribution in [1.82, 2.24) is 15.5 Å². The van der Waals surface area contributed by atoms with Crippen LogP contribution in [0.1, 0.15) is 43.5 Å². The molecule has 1 aromatic heterocycles. The summed E-state index contributed by atoms with van der Waals surface area (Å²) in [6.45, 7) is 2.72. The van der Waals surface area contributed by atoms with Crippen LogP contribution in [0, 0.1) is 5.92 Å². The predicted octanol–water partition coefficient (Wildman–Crippen LogP) is 2.28. The summed E-state index contributed by atoms with van der Waals surface area (Å²) in [4.78, 5) is 11.2. The maximum absolute atomic E-state index is 11.2. The molecule has 1 saturated carbocycles. The fourth-order valence-electron chi connectivity index (χ4n) is 3.74. The second kappa shape index (κ2) is 7.35. The van der Waals surface area contributed by atoms with Crippen LogP contribution in [0.4, 0.5) is 0 Å². The van der Waals surface area contributed by atoms with Gasteiger partial charge in [0.1, 0.15) is 13.2 Å². The topological polar surface area (TPSA) is 86.5 Å². The quantitative estimate of drug-likeness (QED) is 0.883. The zero-order valence-corrected chi connectivity index (χ0v) is 14.9. The summed E-state index contributed by atoms with van der Waals surface area (Å²) in [5.41, 5.74) is 1.05. The number of carbonyl (C=O) groups is 1. The molecular formula is C19H23N3O4. The third-order valence-corrected chi connectivity index (χ3v) is 4.88. The number of nitrogens with zero attached hydrogens (tertiary/aromatic N) is 2. The molecule has 0 saturated heterocycles. The minimum absolute atomic E-state index is 0.0372. The van der Waals surface area contributed by atoms with Gasteiger partial charge in [-0.15, -0.1) is 10.2 Å². The van der Waals surface area contributed by atoms with E-state index >= 15 is 0 Å². The second-order valence-electron chi connectivity index (χ2n) is 7.02. The van der Waals surface area contributed by atoms with Gasteiger partial charge < -0.3 is 19.2 Å². The normalized spacial score (nSPS) is 21.6. The summed E-state index contributed by atoms with van der Waals surface area (Å²) in [5.74, 6) is 3.34. The molecule has 4 rings (SSSR count). The van der Waals surface area contributed by atoms with Crippen molar-refractivity contribution < 1.29 is 18.7 Å². The van der Waals surface area contributed by atoms with Gasteiger partial charge in [0.2, 0.25) is 17.7 Å². The highest BCUT2D eigenvalue weighted by Gasteiger charge is 2.27. The number of hydrogen-bond acceptors (Lipinski definition) is 6. The molecule has 1 amide bonds. The van der Waals surface area contributed by atoms with E-state index in [4.69, 9.17) is 13.9 Å². The second-order valence-corrected chi connectivity index (χ2v) is 7.02. The molecule has 1 fully saturated rings. The molecule has 138 valence electrons. The van der Waals surface area contributed by atoms with Gasteiger partial charge in [0, 0.05) is 19.4 Å². The van der Waals surface area contributed by atoms with Gasteiger partial charge >= 0.3 is 0 Å². The summed E-state index contributed by atoms with van der Waals surface area (Å²) in [6, 6.07) is 6.15. The van der Waals surface area contributed by atoms with Crippen molar-refractivity contribution in [2.45, 2.75) is 45.1 Å². The Morgan fingerprint density at radius 3 is 2.81 bits per heavy atom. The molecule has 1 aliphatic heterocycles. The highest BCUT2D eigenvalue weighted by atomic mass is 16.6. The van der Waals surface area contributed by atoms with Crippen LogP contribution in [0.3, 0.4) is 0 Å². The lowest BCUT2D eigenvalue weighted by Gasteiger charge is -2.18. The zero-order valence-electron chi connectivity index (χ0n) is 14.9. The van der Waals surface area contributed by atoms with E-state index in [1.807, 2.05) is 18.2 Å². The number of nitrogens with one attached hydrogen (secondary N) is 1. The first-order valence-corrected chi connectivity index (χ1v) is 9.12. The third-order valence-electron chi connectivity index (χ3n) is 4.88. The molecular weight excluding hydrogens is 334 g/mol. The molecule has 0 spiro atoms. The van der Waals surface area contributed by atoms with Crippen molar-refractivity contribution in [3.63, 3.8) is 0 Å². The fraction of sp³-hybridized carbons (Fsp3) is 0.526. The Morgan fingerprint density at radius 2 is 1.96 bits per heavy atom. The van der Waals surface area contributed by atoms with Crippen LogP contribution in [0.25, 0.3) is 0 Å². The van der Waals surface area contributed by atoms with Crippen LogP contribution in [-0.4, -0.2) is 35.4 Å². The van der Waals surface area contributed by atoms with Crippen LogP contribution in [0.2, 0.25) is 0 Å². The van der Waals surface area contributed by atoms with Gasteiger partial charge in [-0.3, -0.25) is 4.79 Å². The van der Waals surface area contributed by atoms with Crippen LogP contribution >= 0.6 is 0 Å². The molecule has 2 aromatic rings. The highest BCUT2D eigenvalue weighted by molar-refractivity contribution is 5.73. The number of fused-ring (bicyclic) bond motifs is 1. The maximum atomic E-state index is 11.2. The van der Waals surface area contributed by atoms with E-state index in [0.29, 0.717) is 37.3 Å². The van der Waals surface area contributed by atoms with Crippen molar-refractivity contribution in [3.8, 4) is 11.5 Å². The number of carbonyl (C=O) groups excluding carboxylic acids is 1. The minimum atomic E-state index is 0.0372. The van der Waals surface area contributed by atoms with Crippen LogP contribution in [0.15, 0.2) is 22.6 Å². The van der Waals surface area contributed by atoms with Gasteiger partial charge in [0.05, 0.1) is 6.42 Å². The molecule has 1 N–H and O–H groups in total. The van der Waals surface area contributed by atoms with E-state index in [9.17, 15) is 4.79 Å². The van der Waals surface area contributed by atoms with Gasteiger partial charge in [0.15, 0.2) is 11.5 Å². The molecule has 2 atom stereocenters. The van der Waals surface area contributed by atoms with Crippen LogP contribution in [0.5, 0.6) is 11.5 Å². The molecule has 1 aromatic carbocycles. The number of ether oxygens (including phenoxy) is 2. The van der Waals surface area contributed by atoms with Gasteiger partial charge in [-0.25, -0.2) is 0 Å². The SMILES string of the molecule is CC(=O)N[C@H]1CC[C@@H](Cc2nnc(Cc3ccc4c(c3)OCCO4)o2)C1. The predicted molar refractivity (Wildman–Crippen MR) is 93.2 cm³/mol. The van der Waals surface area contributed by atoms with E-state index in [-0.39, 0.29) is 11.9 Å². The van der Waals surface area contributed by atoms with E-state index in [1.54, 1.807) is 6.92 Å². The highest BCUT2D eigenvalue weighted by Crippen LogP contribution is 2.32. The first kappa shape index (κ1) is 16.9. The first-order valence-electron chi connectivity index (χ1n) is 9.12. The first-order chi connectivity index (χ1) is 12.7. The van der Waals surface area contributed by atoms with Gasteiger partial charge in [-0.05, 0) is 42.9 Å². The average Bonchev–Trinajstić information content (AvgIpc) is 3.24. The standard InChI is InChI=1S/C19H23N3O4/c1-12(23)20-15-4-2-13(8-15)10-18-21-22-19(26-18)11-14-3-5-16-17(9-14)25-7-6-24-16/h3,5,9,13,15H,2,4,6-8,10-11H2,1H3,(H,20,23)/t13-,15+/m1/s1. The van der Waals surface area contributed by atoms with Crippen molar-refractivity contribution in [1.29, 1.82) is 0 Å². The monoisotopic (exact) mass is 357 g/mol. The smallest absolute Gasteiger partial charge is 0.220 e. The number of aromatic nitrogens is 2. The number of amides is 1. The molecule has 0 radical (unpaired) electrons. The van der Waals surface area contributed by atoms with Crippen LogP contribution in [-0.2, 0) is 17.6 Å². The Morgan fingerprint density at radius 1 is 1.15 bits per heavy atom. The van der Waals surface area contributed by atoms with Crippen molar-refractivity contribution >= 4 is 5.91 Å². The molecule has 26 heavy (non-hydrogen) atoms. The van der Waals surface area contributed by atoms with Gasteiger partial charge in [-0.2, -0.15) is 0 Å². The fourth-order valence-corrected chi connectivity index (χ4v) is 3.74. The Balaban J connectivity index is 1.34. The Bertz CT molecular complexity index is 789. The van der Waals surface area contributed by atoms with Crippen molar-refractivity contribution in [2.75, 3.05) is 13.2 Å². The molecule has 1 aliphatic carbocycles. The van der Waals surface area contributed by atoms with Gasteiger partial charge in [-0.1, -0.05) is 6.07 Å². The lowest BCUT2D eigenvalue weighted by molar-refractivity contribution is -0.119. The lowest BCUT2D eigenvalue weighted by Crippen LogP contribution is -2.30. The third kappa shape index (κ3) is 3.98. The summed E-state index contributed by atoms with van der Waals surface area (Å²) >= 11 is 0. The Kier molecular flexibility index (Phi) is 4.77. The van der Waals surface area contributed by atoms with Gasteiger partial charge in [0.25, 0.3) is 0 Å².